The zero-order chi connectivity index (χ0) is 11.7. The molecule has 0 amide bonds. The monoisotopic (exact) mass is 234 g/mol. The van der Waals surface area contributed by atoms with Crippen molar-refractivity contribution >= 4 is 27.5 Å². The van der Waals surface area contributed by atoms with Gasteiger partial charge in [-0.25, -0.2) is 4.21 Å². The third-order valence-electron chi connectivity index (χ3n) is 2.23. The molecule has 2 rings (SSSR count). The summed E-state index contributed by atoms with van der Waals surface area (Å²) in [6, 6.07) is 6.47. The van der Waals surface area contributed by atoms with Crippen molar-refractivity contribution in [3.05, 3.63) is 47.0 Å². The molecule has 1 aliphatic rings. The first-order valence-electron chi connectivity index (χ1n) is 4.34. The lowest BCUT2D eigenvalue weighted by Gasteiger charge is -2.10. The number of carbonyl (C=O) groups excluding carboxylic acids is 1. The molecule has 0 fully saturated rings. The zero-order valence-corrected chi connectivity index (χ0v) is 8.77. The second-order valence-electron chi connectivity index (χ2n) is 3.12. The van der Waals surface area contributed by atoms with Crippen LogP contribution in [0.5, 0.6) is 0 Å². The van der Waals surface area contributed by atoms with E-state index in [1.54, 1.807) is 24.3 Å². The summed E-state index contributed by atoms with van der Waals surface area (Å²) in [5.74, 6) is -0.585. The van der Waals surface area contributed by atoms with E-state index in [9.17, 15) is 9.00 Å². The van der Waals surface area contributed by atoms with Crippen LogP contribution in [-0.2, 0) is 15.9 Å². The maximum atomic E-state index is 11.5. The summed E-state index contributed by atoms with van der Waals surface area (Å²) in [5.41, 5.74) is 9.40. The van der Waals surface area contributed by atoms with Crippen LogP contribution in [-0.4, -0.2) is 25.0 Å². The maximum Gasteiger partial charge on any atom is 0.369 e. The van der Waals surface area contributed by atoms with Gasteiger partial charge in [-0.3, -0.25) is 4.79 Å². The predicted octanol–water partition coefficient (Wildman–Crippen LogP) is 0.851. The highest BCUT2D eigenvalue weighted by Gasteiger charge is 2.31. The average molecular weight is 234 g/mol. The van der Waals surface area contributed by atoms with Crippen molar-refractivity contribution in [2.75, 3.05) is 0 Å². The summed E-state index contributed by atoms with van der Waals surface area (Å²) in [6.07, 6.45) is 1.01. The molecule has 1 aliphatic carbocycles. The molecule has 80 valence electrons. The Balaban J connectivity index is 2.78. The number of fused-ring (bicyclic) bond motifs is 1. The molecule has 1 unspecified atom stereocenters. The van der Waals surface area contributed by atoms with Crippen molar-refractivity contribution in [2.24, 2.45) is 0 Å². The van der Waals surface area contributed by atoms with Crippen LogP contribution in [0.2, 0.25) is 0 Å². The first-order valence-corrected chi connectivity index (χ1v) is 5.44. The second-order valence-corrected chi connectivity index (χ2v) is 4.05. The summed E-state index contributed by atoms with van der Waals surface area (Å²) in [6.45, 7) is 0. The number of hydrogen-bond acceptors (Lipinski definition) is 2. The molecule has 1 N–H and O–H groups in total. The molecule has 1 aromatic carbocycles. The van der Waals surface area contributed by atoms with Crippen LogP contribution in [0.25, 0.3) is 10.4 Å². The normalized spacial score (nSPS) is 16.2. The van der Waals surface area contributed by atoms with Gasteiger partial charge in [0.1, 0.15) is 0 Å². The largest absolute Gasteiger partial charge is 0.369 e. The molecule has 0 saturated carbocycles. The van der Waals surface area contributed by atoms with Crippen molar-refractivity contribution in [3.8, 4) is 0 Å². The fourth-order valence-corrected chi connectivity index (χ4v) is 2.12. The molecule has 16 heavy (non-hydrogen) atoms. The van der Waals surface area contributed by atoms with E-state index in [0.717, 1.165) is 6.08 Å². The van der Waals surface area contributed by atoms with E-state index in [2.05, 4.69) is 4.79 Å². The Kier molecular flexibility index (Phi) is 2.62. The van der Waals surface area contributed by atoms with Crippen LogP contribution < -0.4 is 0 Å². The van der Waals surface area contributed by atoms with Crippen LogP contribution in [0.15, 0.2) is 30.3 Å². The lowest BCUT2D eigenvalue weighted by atomic mass is 9.95. The number of ketones is 1. The van der Waals surface area contributed by atoms with Crippen LogP contribution in [0, 0.1) is 0 Å². The van der Waals surface area contributed by atoms with Crippen molar-refractivity contribution in [2.45, 2.75) is 0 Å². The van der Waals surface area contributed by atoms with Gasteiger partial charge in [0, 0.05) is 11.6 Å². The van der Waals surface area contributed by atoms with Gasteiger partial charge in [0.05, 0.1) is 10.5 Å². The van der Waals surface area contributed by atoms with Crippen molar-refractivity contribution in [3.63, 3.8) is 0 Å². The standard InChI is InChI=1S/C10H6N2O3S/c11-12-10-7-4-2-1-3-6(7)9(16(14)15)5-8(10)13/h1-5H,(H,14,15). The Morgan fingerprint density at radius 3 is 2.44 bits per heavy atom. The smallest absolute Gasteiger partial charge is 0.361 e. The van der Waals surface area contributed by atoms with Crippen LogP contribution in [0.1, 0.15) is 11.1 Å². The number of nitrogens with zero attached hydrogens (tertiary/aromatic N) is 2. The Morgan fingerprint density at radius 2 is 1.88 bits per heavy atom. The average Bonchev–Trinajstić information content (AvgIpc) is 2.28. The highest BCUT2D eigenvalue weighted by atomic mass is 32.2. The van der Waals surface area contributed by atoms with Gasteiger partial charge in [0.25, 0.3) is 5.78 Å². The lowest BCUT2D eigenvalue weighted by Crippen LogP contribution is -2.21. The van der Waals surface area contributed by atoms with E-state index in [4.69, 9.17) is 10.1 Å². The van der Waals surface area contributed by atoms with Gasteiger partial charge in [-0.2, -0.15) is 4.79 Å². The molecular formula is C10H6N2O3S. The summed E-state index contributed by atoms with van der Waals surface area (Å²) in [4.78, 5) is 14.4. The van der Waals surface area contributed by atoms with Gasteiger partial charge in [0.2, 0.25) is 0 Å². The number of hydrogen-bond donors (Lipinski definition) is 1. The minimum atomic E-state index is -2.25. The molecule has 0 aliphatic heterocycles. The third-order valence-corrected chi connectivity index (χ3v) is 2.95. The highest BCUT2D eigenvalue weighted by molar-refractivity contribution is 7.89. The highest BCUT2D eigenvalue weighted by Crippen LogP contribution is 2.26. The van der Waals surface area contributed by atoms with E-state index in [1.807, 2.05) is 0 Å². The zero-order valence-electron chi connectivity index (χ0n) is 7.95. The predicted molar refractivity (Wildman–Crippen MR) is 57.9 cm³/mol. The van der Waals surface area contributed by atoms with Crippen LogP contribution in [0.4, 0.5) is 0 Å². The van der Waals surface area contributed by atoms with Crippen LogP contribution in [0.3, 0.4) is 0 Å². The Bertz CT molecular complexity index is 585. The minimum Gasteiger partial charge on any atom is -0.361 e. The van der Waals surface area contributed by atoms with Gasteiger partial charge < -0.3 is 10.1 Å². The quantitative estimate of drug-likeness (QED) is 0.443. The molecule has 0 saturated heterocycles. The van der Waals surface area contributed by atoms with Gasteiger partial charge in [-0.15, -0.1) is 0 Å². The van der Waals surface area contributed by atoms with E-state index < -0.39 is 16.9 Å². The SMILES string of the molecule is [N-]=[N+]=C1C(=O)C=C(S(=O)O)c2ccccc21. The number of benzene rings is 1. The Hall–Kier alpha value is -1.88. The maximum absolute atomic E-state index is 11.5. The summed E-state index contributed by atoms with van der Waals surface area (Å²) >= 11 is -2.25. The van der Waals surface area contributed by atoms with Crippen molar-refractivity contribution < 1.29 is 18.3 Å². The molecule has 5 nitrogen and oxygen atoms in total. The van der Waals surface area contributed by atoms with E-state index >= 15 is 0 Å². The first-order chi connectivity index (χ1) is 7.65. The Labute approximate surface area is 93.3 Å². The topological polar surface area (TPSA) is 90.8 Å². The Morgan fingerprint density at radius 1 is 1.25 bits per heavy atom. The van der Waals surface area contributed by atoms with Crippen molar-refractivity contribution in [1.82, 2.24) is 0 Å². The summed E-state index contributed by atoms with van der Waals surface area (Å²) in [7, 11) is 0. The van der Waals surface area contributed by atoms with Crippen molar-refractivity contribution in [1.29, 1.82) is 0 Å². The fourth-order valence-electron chi connectivity index (χ4n) is 1.55. The molecule has 0 bridgehead atoms. The van der Waals surface area contributed by atoms with Crippen LogP contribution >= 0.6 is 0 Å². The van der Waals surface area contributed by atoms with Gasteiger partial charge >= 0.3 is 5.71 Å². The second kappa shape index (κ2) is 3.94. The number of rotatable bonds is 1. The van der Waals surface area contributed by atoms with E-state index in [0.29, 0.717) is 11.1 Å². The third kappa shape index (κ3) is 1.55. The molecule has 1 atom stereocenters. The first kappa shape index (κ1) is 10.6. The number of allylic oxidation sites excluding steroid dienone is 1. The molecule has 0 heterocycles. The number of carbonyl (C=O) groups is 1. The molecule has 0 aromatic heterocycles. The van der Waals surface area contributed by atoms with Gasteiger partial charge in [0.15, 0.2) is 11.1 Å². The summed E-state index contributed by atoms with van der Waals surface area (Å²) < 4.78 is 20.1. The van der Waals surface area contributed by atoms with E-state index in [-0.39, 0.29) is 10.6 Å². The van der Waals surface area contributed by atoms with Gasteiger partial charge in [-0.05, 0) is 6.07 Å². The summed E-state index contributed by atoms with van der Waals surface area (Å²) in [5, 5.41) is 0. The lowest BCUT2D eigenvalue weighted by molar-refractivity contribution is -0.112. The molecule has 6 heteroatoms. The van der Waals surface area contributed by atoms with Gasteiger partial charge in [-0.1, -0.05) is 18.2 Å². The minimum absolute atomic E-state index is 0.0213. The fraction of sp³-hybridized carbons (Fsp3) is 0. The van der Waals surface area contributed by atoms with E-state index in [1.165, 1.54) is 0 Å². The molecule has 1 aromatic rings. The molecular weight excluding hydrogens is 228 g/mol. The molecule has 0 radical (unpaired) electrons. The molecule has 0 spiro atoms.